The van der Waals surface area contributed by atoms with E-state index in [9.17, 15) is 22.8 Å². The summed E-state index contributed by atoms with van der Waals surface area (Å²) in [6, 6.07) is 4.80. The van der Waals surface area contributed by atoms with E-state index < -0.39 is 39.6 Å². The first-order valence-corrected chi connectivity index (χ1v) is 9.14. The van der Waals surface area contributed by atoms with Crippen molar-refractivity contribution in [2.75, 3.05) is 0 Å². The molecule has 3 aromatic rings. The van der Waals surface area contributed by atoms with Gasteiger partial charge in [-0.25, -0.2) is 19.0 Å². The van der Waals surface area contributed by atoms with Crippen LogP contribution in [0.3, 0.4) is 0 Å². The number of benzene rings is 1. The highest BCUT2D eigenvalue weighted by Crippen LogP contribution is 2.50. The van der Waals surface area contributed by atoms with Gasteiger partial charge in [-0.3, -0.25) is 0 Å². The first-order chi connectivity index (χ1) is 14.7. The van der Waals surface area contributed by atoms with Crippen molar-refractivity contribution in [1.29, 1.82) is 5.26 Å². The molecule has 1 aliphatic rings. The molecule has 1 unspecified atom stereocenters. The van der Waals surface area contributed by atoms with Crippen LogP contribution in [0.4, 0.5) is 17.6 Å². The van der Waals surface area contributed by atoms with Crippen LogP contribution in [0, 0.1) is 17.1 Å². The van der Waals surface area contributed by atoms with Gasteiger partial charge < -0.3 is 4.84 Å². The summed E-state index contributed by atoms with van der Waals surface area (Å²) in [5.74, 6) is -0.905. The molecule has 0 saturated carbocycles. The lowest BCUT2D eigenvalue weighted by molar-refractivity contribution is -0.275. The number of alkyl halides is 3. The van der Waals surface area contributed by atoms with E-state index in [0.717, 1.165) is 12.1 Å². The number of oxime groups is 1. The van der Waals surface area contributed by atoms with Crippen LogP contribution in [-0.4, -0.2) is 31.6 Å². The fourth-order valence-corrected chi connectivity index (χ4v) is 3.53. The van der Waals surface area contributed by atoms with Crippen molar-refractivity contribution < 1.29 is 22.4 Å². The molecule has 1 aliphatic heterocycles. The topological polar surface area (TPSA) is 89.0 Å². The van der Waals surface area contributed by atoms with Gasteiger partial charge in [0.1, 0.15) is 18.7 Å². The van der Waals surface area contributed by atoms with Gasteiger partial charge in [0.05, 0.1) is 27.7 Å². The van der Waals surface area contributed by atoms with E-state index >= 15 is 0 Å². The van der Waals surface area contributed by atoms with E-state index in [2.05, 4.69) is 20.2 Å². The van der Waals surface area contributed by atoms with Crippen LogP contribution >= 0.6 is 23.2 Å². The van der Waals surface area contributed by atoms with Crippen molar-refractivity contribution in [3.05, 3.63) is 69.6 Å². The second-order valence-corrected chi connectivity index (χ2v) is 7.25. The average Bonchev–Trinajstić information content (AvgIpc) is 3.41. The quantitative estimate of drug-likeness (QED) is 0.413. The smallest absolute Gasteiger partial charge is 0.374 e. The van der Waals surface area contributed by atoms with Gasteiger partial charge in [0.25, 0.3) is 5.60 Å². The standard InChI is InChI=1S/C18H8Cl2F4N6O/c19-12-2-11(3-13(20)15(12)21)17(18(22,23)24)4-14(29-31-17)10-1-9(5-25)16(27-6-10)30-8-26-7-28-30/h1-3,6-8H,4H2. The molecule has 0 bridgehead atoms. The molecular weight excluding hydrogens is 463 g/mol. The fraction of sp³-hybridized carbons (Fsp3) is 0.167. The molecule has 4 rings (SSSR count). The van der Waals surface area contributed by atoms with Crippen molar-refractivity contribution in [3.8, 4) is 11.9 Å². The minimum atomic E-state index is -4.95. The zero-order valence-corrected chi connectivity index (χ0v) is 16.5. The van der Waals surface area contributed by atoms with E-state index in [4.69, 9.17) is 28.0 Å². The predicted molar refractivity (Wildman–Crippen MR) is 100 cm³/mol. The van der Waals surface area contributed by atoms with E-state index in [-0.39, 0.29) is 22.7 Å². The molecule has 0 N–H and O–H groups in total. The normalized spacial score (nSPS) is 18.4. The van der Waals surface area contributed by atoms with Gasteiger partial charge >= 0.3 is 6.18 Å². The maximum atomic E-state index is 14.1. The zero-order valence-electron chi connectivity index (χ0n) is 15.0. The van der Waals surface area contributed by atoms with Crippen LogP contribution in [0.25, 0.3) is 5.82 Å². The van der Waals surface area contributed by atoms with Crippen LogP contribution < -0.4 is 0 Å². The molecular formula is C18H8Cl2F4N6O. The van der Waals surface area contributed by atoms with Crippen LogP contribution in [-0.2, 0) is 10.4 Å². The summed E-state index contributed by atoms with van der Waals surface area (Å²) in [6.45, 7) is 0. The van der Waals surface area contributed by atoms with Gasteiger partial charge in [0.15, 0.2) is 11.6 Å². The van der Waals surface area contributed by atoms with Crippen LogP contribution in [0.2, 0.25) is 10.0 Å². The number of pyridine rings is 1. The monoisotopic (exact) mass is 470 g/mol. The Morgan fingerprint density at radius 1 is 1.19 bits per heavy atom. The first-order valence-electron chi connectivity index (χ1n) is 8.38. The predicted octanol–water partition coefficient (Wildman–Crippen LogP) is 4.56. The van der Waals surface area contributed by atoms with Gasteiger partial charge in [-0.2, -0.15) is 23.5 Å². The van der Waals surface area contributed by atoms with Crippen molar-refractivity contribution >= 4 is 28.9 Å². The van der Waals surface area contributed by atoms with Crippen LogP contribution in [0.15, 0.2) is 42.2 Å². The first kappa shape index (κ1) is 21.0. The lowest BCUT2D eigenvalue weighted by Gasteiger charge is -2.29. The van der Waals surface area contributed by atoms with E-state index in [1.807, 2.05) is 6.07 Å². The number of rotatable bonds is 3. The number of hydrogen-bond donors (Lipinski definition) is 0. The summed E-state index contributed by atoms with van der Waals surface area (Å²) in [7, 11) is 0. The molecule has 0 amide bonds. The van der Waals surface area contributed by atoms with Gasteiger partial charge in [-0.05, 0) is 18.2 Å². The Hall–Kier alpha value is -3.23. The molecule has 0 spiro atoms. The van der Waals surface area contributed by atoms with E-state index in [1.165, 1.54) is 29.6 Å². The molecule has 31 heavy (non-hydrogen) atoms. The van der Waals surface area contributed by atoms with Gasteiger partial charge in [-0.15, -0.1) is 0 Å². The Morgan fingerprint density at radius 2 is 1.90 bits per heavy atom. The number of nitrogens with zero attached hydrogens (tertiary/aromatic N) is 6. The fourth-order valence-electron chi connectivity index (χ4n) is 3.05. The van der Waals surface area contributed by atoms with Crippen molar-refractivity contribution in [2.45, 2.75) is 18.2 Å². The summed E-state index contributed by atoms with van der Waals surface area (Å²) in [5, 5.41) is 15.7. The van der Waals surface area contributed by atoms with E-state index in [1.54, 1.807) is 0 Å². The molecule has 0 saturated heterocycles. The number of halogens is 6. The van der Waals surface area contributed by atoms with Gasteiger partial charge in [0, 0.05) is 17.3 Å². The van der Waals surface area contributed by atoms with Gasteiger partial charge in [-0.1, -0.05) is 28.4 Å². The Balaban J connectivity index is 1.75. The third-order valence-corrected chi connectivity index (χ3v) is 5.14. The Labute approximate surface area is 181 Å². The molecule has 2 aromatic heterocycles. The second-order valence-electron chi connectivity index (χ2n) is 6.43. The second kappa shape index (κ2) is 7.47. The Bertz CT molecular complexity index is 1220. The molecule has 0 aliphatic carbocycles. The number of aromatic nitrogens is 4. The van der Waals surface area contributed by atoms with Crippen molar-refractivity contribution in [3.63, 3.8) is 0 Å². The third kappa shape index (κ3) is 3.47. The van der Waals surface area contributed by atoms with Gasteiger partial charge in [0.2, 0.25) is 0 Å². The summed E-state index contributed by atoms with van der Waals surface area (Å²) >= 11 is 11.4. The van der Waals surface area contributed by atoms with Crippen molar-refractivity contribution in [2.24, 2.45) is 5.16 Å². The largest absolute Gasteiger partial charge is 0.435 e. The number of nitriles is 1. The minimum absolute atomic E-state index is 0.0306. The Kier molecular flexibility index (Phi) is 5.07. The highest BCUT2D eigenvalue weighted by atomic mass is 35.5. The molecule has 0 fully saturated rings. The molecule has 1 atom stereocenters. The molecule has 158 valence electrons. The molecule has 7 nitrogen and oxygen atoms in total. The summed E-state index contributed by atoms with van der Waals surface area (Å²) < 4.78 is 57.2. The SMILES string of the molecule is N#Cc1cc(C2=NOC(c3cc(Cl)c(F)c(Cl)c3)(C(F)(F)F)C2)cnc1-n1cncn1. The average molecular weight is 471 g/mol. The van der Waals surface area contributed by atoms with Crippen LogP contribution in [0.1, 0.15) is 23.1 Å². The molecule has 13 heteroatoms. The summed E-state index contributed by atoms with van der Waals surface area (Å²) in [4.78, 5) is 12.7. The maximum absolute atomic E-state index is 14.1. The highest BCUT2D eigenvalue weighted by Gasteiger charge is 2.62. The van der Waals surface area contributed by atoms with Crippen molar-refractivity contribution in [1.82, 2.24) is 19.7 Å². The highest BCUT2D eigenvalue weighted by molar-refractivity contribution is 6.35. The lowest BCUT2D eigenvalue weighted by Crippen LogP contribution is -2.42. The Morgan fingerprint density at radius 3 is 2.48 bits per heavy atom. The minimum Gasteiger partial charge on any atom is -0.374 e. The lowest BCUT2D eigenvalue weighted by atomic mass is 9.86. The zero-order chi connectivity index (χ0) is 22.4. The summed E-state index contributed by atoms with van der Waals surface area (Å²) in [5.41, 5.74) is -3.42. The molecule has 3 heterocycles. The summed E-state index contributed by atoms with van der Waals surface area (Å²) in [6.07, 6.45) is -1.94. The van der Waals surface area contributed by atoms with Crippen LogP contribution in [0.5, 0.6) is 0 Å². The maximum Gasteiger partial charge on any atom is 0.435 e. The van der Waals surface area contributed by atoms with E-state index in [0.29, 0.717) is 0 Å². The third-order valence-electron chi connectivity index (χ3n) is 4.59. The molecule has 1 aromatic carbocycles. The number of hydrogen-bond acceptors (Lipinski definition) is 6. The molecule has 0 radical (unpaired) electrons.